The predicted molar refractivity (Wildman–Crippen MR) is 87.7 cm³/mol. The lowest BCUT2D eigenvalue weighted by Gasteiger charge is -2.41. The number of nitrogens with zero attached hydrogens (tertiary/aromatic N) is 1. The molecule has 5 nitrogen and oxygen atoms in total. The minimum atomic E-state index is -0.947. The maximum atomic E-state index is 12.7. The lowest BCUT2D eigenvalue weighted by atomic mass is 9.93. The number of carbonyl (C=O) groups excluding carboxylic acids is 1. The van der Waals surface area contributed by atoms with E-state index in [9.17, 15) is 14.7 Å². The first-order valence-electron chi connectivity index (χ1n) is 8.58. The van der Waals surface area contributed by atoms with Crippen molar-refractivity contribution in [2.75, 3.05) is 6.54 Å². The van der Waals surface area contributed by atoms with Crippen LogP contribution in [0.15, 0.2) is 0 Å². The van der Waals surface area contributed by atoms with Crippen LogP contribution in [0.5, 0.6) is 0 Å². The maximum absolute atomic E-state index is 12.7. The molecule has 4 unspecified atom stereocenters. The van der Waals surface area contributed by atoms with Gasteiger partial charge >= 0.3 is 5.97 Å². The summed E-state index contributed by atoms with van der Waals surface area (Å²) in [5, 5.41) is 12.2. The quantitative estimate of drug-likeness (QED) is 0.758. The molecule has 22 heavy (non-hydrogen) atoms. The molecule has 0 saturated carbocycles. The number of carboxylic acids is 1. The van der Waals surface area contributed by atoms with Crippen LogP contribution in [-0.2, 0) is 9.59 Å². The van der Waals surface area contributed by atoms with Crippen molar-refractivity contribution in [3.8, 4) is 0 Å². The molecule has 1 amide bonds. The fourth-order valence-electron chi connectivity index (χ4n) is 3.29. The smallest absolute Gasteiger partial charge is 0.326 e. The third kappa shape index (κ3) is 4.70. The Balaban J connectivity index is 2.86. The molecule has 0 radical (unpaired) electrons. The van der Waals surface area contributed by atoms with Gasteiger partial charge in [0, 0.05) is 6.04 Å². The molecule has 1 aliphatic rings. The zero-order valence-corrected chi connectivity index (χ0v) is 14.6. The number of aliphatic carboxylic acids is 1. The molecule has 0 aromatic carbocycles. The SMILES string of the molecule is CCC(C)C(NC(=O)C(C(C)C)N1CCCCC1C)C(=O)O. The predicted octanol–water partition coefficient (Wildman–Crippen LogP) is 2.50. The molecule has 1 heterocycles. The first-order valence-corrected chi connectivity index (χ1v) is 8.58. The van der Waals surface area contributed by atoms with Gasteiger partial charge in [0.15, 0.2) is 0 Å². The zero-order valence-electron chi connectivity index (χ0n) is 14.6. The van der Waals surface area contributed by atoms with Gasteiger partial charge in [0.05, 0.1) is 6.04 Å². The summed E-state index contributed by atoms with van der Waals surface area (Å²) in [4.78, 5) is 26.4. The number of amides is 1. The molecule has 0 spiro atoms. The van der Waals surface area contributed by atoms with Gasteiger partial charge in [-0.25, -0.2) is 4.79 Å². The molecule has 1 fully saturated rings. The summed E-state index contributed by atoms with van der Waals surface area (Å²) in [6.45, 7) is 10.9. The second kappa shape index (κ2) is 8.51. The van der Waals surface area contributed by atoms with Crippen LogP contribution in [0.25, 0.3) is 0 Å². The van der Waals surface area contributed by atoms with Crippen molar-refractivity contribution in [3.63, 3.8) is 0 Å². The van der Waals surface area contributed by atoms with Gasteiger partial charge in [-0.1, -0.05) is 40.5 Å². The molecule has 0 aliphatic carbocycles. The molecule has 128 valence electrons. The maximum Gasteiger partial charge on any atom is 0.326 e. The number of hydrogen-bond acceptors (Lipinski definition) is 3. The van der Waals surface area contributed by atoms with Crippen molar-refractivity contribution in [2.24, 2.45) is 11.8 Å². The second-order valence-electron chi connectivity index (χ2n) is 6.98. The fraction of sp³-hybridized carbons (Fsp3) is 0.882. The number of hydrogen-bond donors (Lipinski definition) is 2. The fourth-order valence-corrected chi connectivity index (χ4v) is 3.29. The highest BCUT2D eigenvalue weighted by molar-refractivity contribution is 5.87. The van der Waals surface area contributed by atoms with E-state index in [1.807, 2.05) is 27.7 Å². The van der Waals surface area contributed by atoms with Gasteiger partial charge in [0.1, 0.15) is 6.04 Å². The molecule has 5 heteroatoms. The van der Waals surface area contributed by atoms with Crippen molar-refractivity contribution >= 4 is 11.9 Å². The van der Waals surface area contributed by atoms with E-state index in [1.165, 1.54) is 6.42 Å². The Kier molecular flexibility index (Phi) is 7.33. The average molecular weight is 312 g/mol. The molecule has 0 aromatic rings. The number of nitrogens with one attached hydrogen (secondary N) is 1. The highest BCUT2D eigenvalue weighted by atomic mass is 16.4. The van der Waals surface area contributed by atoms with E-state index in [0.717, 1.165) is 25.8 Å². The molecular formula is C17H32N2O3. The van der Waals surface area contributed by atoms with Gasteiger partial charge in [-0.15, -0.1) is 0 Å². The summed E-state index contributed by atoms with van der Waals surface area (Å²) in [6.07, 6.45) is 4.14. The van der Waals surface area contributed by atoms with E-state index in [2.05, 4.69) is 17.1 Å². The van der Waals surface area contributed by atoms with Gasteiger partial charge < -0.3 is 10.4 Å². The highest BCUT2D eigenvalue weighted by Crippen LogP contribution is 2.23. The largest absolute Gasteiger partial charge is 0.480 e. The Bertz CT molecular complexity index is 384. The van der Waals surface area contributed by atoms with Crippen LogP contribution in [0.2, 0.25) is 0 Å². The molecule has 1 aliphatic heterocycles. The highest BCUT2D eigenvalue weighted by Gasteiger charge is 2.36. The first kappa shape index (κ1) is 18.9. The normalized spacial score (nSPS) is 23.8. The number of likely N-dealkylation sites (tertiary alicyclic amines) is 1. The van der Waals surface area contributed by atoms with Gasteiger partial charge in [-0.3, -0.25) is 9.69 Å². The summed E-state index contributed by atoms with van der Waals surface area (Å²) in [5.41, 5.74) is 0. The Labute approximate surface area is 134 Å². The first-order chi connectivity index (χ1) is 10.3. The molecule has 2 N–H and O–H groups in total. The topological polar surface area (TPSA) is 69.6 Å². The number of piperidine rings is 1. The summed E-state index contributed by atoms with van der Waals surface area (Å²) >= 11 is 0. The van der Waals surface area contributed by atoms with Gasteiger partial charge in [-0.2, -0.15) is 0 Å². The van der Waals surface area contributed by atoms with Crippen LogP contribution in [0, 0.1) is 11.8 Å². The Morgan fingerprint density at radius 2 is 1.91 bits per heavy atom. The minimum Gasteiger partial charge on any atom is -0.480 e. The zero-order chi connectivity index (χ0) is 16.9. The van der Waals surface area contributed by atoms with Gasteiger partial charge in [0.2, 0.25) is 5.91 Å². The number of rotatable bonds is 7. The van der Waals surface area contributed by atoms with Crippen LogP contribution in [0.3, 0.4) is 0 Å². The van der Waals surface area contributed by atoms with E-state index in [4.69, 9.17) is 0 Å². The van der Waals surface area contributed by atoms with Crippen LogP contribution >= 0.6 is 0 Å². The third-order valence-corrected chi connectivity index (χ3v) is 4.89. The Morgan fingerprint density at radius 1 is 1.27 bits per heavy atom. The summed E-state index contributed by atoms with van der Waals surface area (Å²) in [6, 6.07) is -0.682. The third-order valence-electron chi connectivity index (χ3n) is 4.89. The second-order valence-corrected chi connectivity index (χ2v) is 6.98. The number of carboxylic acid groups (broad SMARTS) is 1. The van der Waals surface area contributed by atoms with Crippen molar-refractivity contribution in [1.29, 1.82) is 0 Å². The van der Waals surface area contributed by atoms with E-state index in [0.29, 0.717) is 6.04 Å². The minimum absolute atomic E-state index is 0.0759. The van der Waals surface area contributed by atoms with E-state index >= 15 is 0 Å². The Hall–Kier alpha value is -1.10. The van der Waals surface area contributed by atoms with Crippen molar-refractivity contribution in [1.82, 2.24) is 10.2 Å². The average Bonchev–Trinajstić information content (AvgIpc) is 2.45. The lowest BCUT2D eigenvalue weighted by molar-refractivity contribution is -0.145. The van der Waals surface area contributed by atoms with E-state index in [1.54, 1.807) is 0 Å². The molecule has 1 saturated heterocycles. The summed E-state index contributed by atoms with van der Waals surface area (Å²) < 4.78 is 0. The molecule has 4 atom stereocenters. The Morgan fingerprint density at radius 3 is 2.36 bits per heavy atom. The monoisotopic (exact) mass is 312 g/mol. The van der Waals surface area contributed by atoms with Crippen molar-refractivity contribution in [2.45, 2.75) is 78.4 Å². The molecular weight excluding hydrogens is 280 g/mol. The lowest BCUT2D eigenvalue weighted by Crippen LogP contribution is -2.58. The van der Waals surface area contributed by atoms with Gasteiger partial charge in [0.25, 0.3) is 0 Å². The van der Waals surface area contributed by atoms with Crippen LogP contribution in [0.4, 0.5) is 0 Å². The molecule has 1 rings (SSSR count). The van der Waals surface area contributed by atoms with Crippen LogP contribution < -0.4 is 5.32 Å². The molecule has 0 bridgehead atoms. The molecule has 0 aromatic heterocycles. The van der Waals surface area contributed by atoms with Gasteiger partial charge in [-0.05, 0) is 38.1 Å². The number of carbonyl (C=O) groups is 2. The van der Waals surface area contributed by atoms with E-state index in [-0.39, 0.29) is 23.8 Å². The van der Waals surface area contributed by atoms with Crippen molar-refractivity contribution in [3.05, 3.63) is 0 Å². The van der Waals surface area contributed by atoms with Crippen molar-refractivity contribution < 1.29 is 14.7 Å². The van der Waals surface area contributed by atoms with Crippen LogP contribution in [0.1, 0.15) is 60.3 Å². The summed E-state index contributed by atoms with van der Waals surface area (Å²) in [7, 11) is 0. The standard InChI is InChI=1S/C17H32N2O3/c1-6-12(4)14(17(21)22)18-16(20)15(11(2)3)19-10-8-7-9-13(19)5/h11-15H,6-10H2,1-5H3,(H,18,20)(H,21,22). The summed E-state index contributed by atoms with van der Waals surface area (Å²) in [5.74, 6) is -1.01. The van der Waals surface area contributed by atoms with Crippen LogP contribution in [-0.4, -0.2) is 46.6 Å². The van der Waals surface area contributed by atoms with E-state index < -0.39 is 12.0 Å².